The second kappa shape index (κ2) is 12.0. The number of aromatic nitrogens is 3. The predicted octanol–water partition coefficient (Wildman–Crippen LogP) is 5.74. The first-order valence-corrected chi connectivity index (χ1v) is 14.3. The SMILES string of the molecule is CC(COC(=O)N1CCC(n2c(=O)[nH]c3ccccc32)CC1)N(Cc1ccccc1)Cc1ccnc2ccccc12. The van der Waals surface area contributed by atoms with Crippen molar-refractivity contribution in [3.8, 4) is 0 Å². The van der Waals surface area contributed by atoms with Crippen LogP contribution in [-0.2, 0) is 17.8 Å². The Morgan fingerprint density at radius 3 is 2.54 bits per heavy atom. The van der Waals surface area contributed by atoms with Crippen LogP contribution in [0, 0.1) is 0 Å². The van der Waals surface area contributed by atoms with E-state index >= 15 is 0 Å². The number of ether oxygens (including phenoxy) is 1. The smallest absolute Gasteiger partial charge is 0.409 e. The van der Waals surface area contributed by atoms with Gasteiger partial charge in [-0.25, -0.2) is 9.59 Å². The van der Waals surface area contributed by atoms with Gasteiger partial charge in [0.1, 0.15) is 6.61 Å². The van der Waals surface area contributed by atoms with E-state index in [1.807, 2.05) is 71.4 Å². The number of carbonyl (C=O) groups excluding carboxylic acids is 1. The molecule has 1 atom stereocenters. The minimum atomic E-state index is -0.296. The maximum Gasteiger partial charge on any atom is 0.409 e. The molecule has 0 spiro atoms. The molecule has 1 unspecified atom stereocenters. The third-order valence-electron chi connectivity index (χ3n) is 8.12. The molecule has 5 aromatic rings. The Bertz CT molecular complexity index is 1680. The van der Waals surface area contributed by atoms with Crippen molar-refractivity contribution in [2.24, 2.45) is 0 Å². The van der Waals surface area contributed by atoms with Crippen molar-refractivity contribution in [3.63, 3.8) is 0 Å². The molecular formula is C33H35N5O3. The summed E-state index contributed by atoms with van der Waals surface area (Å²) in [5.41, 5.74) is 5.03. The van der Waals surface area contributed by atoms with Crippen LogP contribution in [0.15, 0.2) is 95.9 Å². The van der Waals surface area contributed by atoms with E-state index in [2.05, 4.69) is 46.1 Å². The summed E-state index contributed by atoms with van der Waals surface area (Å²) in [5.74, 6) is 0. The van der Waals surface area contributed by atoms with Gasteiger partial charge in [-0.2, -0.15) is 0 Å². The fourth-order valence-corrected chi connectivity index (χ4v) is 5.83. The Hall–Kier alpha value is -4.43. The summed E-state index contributed by atoms with van der Waals surface area (Å²) >= 11 is 0. The number of hydrogen-bond donors (Lipinski definition) is 1. The molecule has 8 nitrogen and oxygen atoms in total. The first-order chi connectivity index (χ1) is 20.1. The molecule has 3 heterocycles. The summed E-state index contributed by atoms with van der Waals surface area (Å²) in [7, 11) is 0. The van der Waals surface area contributed by atoms with E-state index in [1.54, 1.807) is 4.90 Å². The number of nitrogens with one attached hydrogen (secondary N) is 1. The van der Waals surface area contributed by atoms with Crippen molar-refractivity contribution in [1.82, 2.24) is 24.3 Å². The number of likely N-dealkylation sites (tertiary alicyclic amines) is 1. The largest absolute Gasteiger partial charge is 0.448 e. The van der Waals surface area contributed by atoms with Crippen molar-refractivity contribution >= 4 is 28.0 Å². The number of piperidine rings is 1. The number of pyridine rings is 1. The zero-order valence-electron chi connectivity index (χ0n) is 23.3. The van der Waals surface area contributed by atoms with E-state index in [1.165, 1.54) is 11.1 Å². The summed E-state index contributed by atoms with van der Waals surface area (Å²) in [6.07, 6.45) is 2.98. The van der Waals surface area contributed by atoms with Gasteiger partial charge in [-0.3, -0.25) is 14.5 Å². The number of nitrogens with zero attached hydrogens (tertiary/aromatic N) is 4. The molecule has 1 aliphatic heterocycles. The molecule has 0 bridgehead atoms. The Balaban J connectivity index is 1.10. The molecule has 8 heteroatoms. The van der Waals surface area contributed by atoms with Crippen molar-refractivity contribution in [2.75, 3.05) is 19.7 Å². The van der Waals surface area contributed by atoms with E-state index in [0.717, 1.165) is 28.5 Å². The molecule has 1 fully saturated rings. The molecule has 1 amide bonds. The molecule has 2 aromatic heterocycles. The lowest BCUT2D eigenvalue weighted by Gasteiger charge is -2.33. The zero-order valence-corrected chi connectivity index (χ0v) is 23.3. The molecule has 0 saturated carbocycles. The number of amides is 1. The van der Waals surface area contributed by atoms with E-state index in [9.17, 15) is 9.59 Å². The minimum absolute atomic E-state index is 0.00609. The average molecular weight is 550 g/mol. The minimum Gasteiger partial charge on any atom is -0.448 e. The highest BCUT2D eigenvalue weighted by atomic mass is 16.6. The second-order valence-electron chi connectivity index (χ2n) is 10.8. The first kappa shape index (κ1) is 26.8. The predicted molar refractivity (Wildman–Crippen MR) is 161 cm³/mol. The lowest BCUT2D eigenvalue weighted by Crippen LogP contribution is -2.42. The summed E-state index contributed by atoms with van der Waals surface area (Å²) < 4.78 is 7.70. The van der Waals surface area contributed by atoms with E-state index in [-0.39, 0.29) is 30.5 Å². The van der Waals surface area contributed by atoms with Crippen LogP contribution in [0.4, 0.5) is 4.79 Å². The standard InChI is InChI=1S/C33H35N5O3/c1-24(37(21-25-9-3-2-4-10-25)22-26-15-18-34-29-12-6-5-11-28(26)29)23-41-33(40)36-19-16-27(17-20-36)38-31-14-8-7-13-30(31)35-32(38)39/h2-15,18,24,27H,16-17,19-23H2,1H3,(H,35,39). The molecule has 6 rings (SSSR count). The summed E-state index contributed by atoms with van der Waals surface area (Å²) in [4.78, 5) is 37.3. The van der Waals surface area contributed by atoms with Crippen molar-refractivity contribution in [2.45, 2.75) is 44.9 Å². The monoisotopic (exact) mass is 549 g/mol. The quantitative estimate of drug-likeness (QED) is 0.267. The zero-order chi connectivity index (χ0) is 28.2. The second-order valence-corrected chi connectivity index (χ2v) is 10.8. The maximum absolute atomic E-state index is 13.1. The van der Waals surface area contributed by atoms with Gasteiger partial charge in [-0.05, 0) is 55.2 Å². The van der Waals surface area contributed by atoms with Crippen LogP contribution in [0.1, 0.15) is 36.9 Å². The van der Waals surface area contributed by atoms with Gasteiger partial charge in [0.25, 0.3) is 0 Å². The molecule has 1 saturated heterocycles. The van der Waals surface area contributed by atoms with Crippen molar-refractivity contribution in [1.29, 1.82) is 0 Å². The number of aromatic amines is 1. The maximum atomic E-state index is 13.1. The third kappa shape index (κ3) is 5.88. The van der Waals surface area contributed by atoms with Crippen molar-refractivity contribution < 1.29 is 9.53 Å². The number of imidazole rings is 1. The summed E-state index contributed by atoms with van der Waals surface area (Å²) in [5, 5.41) is 1.13. The summed E-state index contributed by atoms with van der Waals surface area (Å²) in [6, 6.07) is 28.4. The molecule has 1 aliphatic rings. The van der Waals surface area contributed by atoms with E-state index in [4.69, 9.17) is 4.74 Å². The van der Waals surface area contributed by atoms with Crippen LogP contribution in [0.25, 0.3) is 21.9 Å². The van der Waals surface area contributed by atoms with Gasteiger partial charge in [-0.15, -0.1) is 0 Å². The van der Waals surface area contributed by atoms with Gasteiger partial charge < -0.3 is 14.6 Å². The normalized spacial score (nSPS) is 15.0. The molecule has 0 aliphatic carbocycles. The molecule has 3 aromatic carbocycles. The van der Waals surface area contributed by atoms with Gasteiger partial charge in [0.2, 0.25) is 0 Å². The lowest BCUT2D eigenvalue weighted by atomic mass is 10.0. The third-order valence-corrected chi connectivity index (χ3v) is 8.12. The highest BCUT2D eigenvalue weighted by Gasteiger charge is 2.27. The van der Waals surface area contributed by atoms with Crippen LogP contribution in [-0.4, -0.2) is 56.2 Å². The Kier molecular flexibility index (Phi) is 7.82. The van der Waals surface area contributed by atoms with Gasteiger partial charge in [0.15, 0.2) is 0 Å². The molecule has 41 heavy (non-hydrogen) atoms. The number of rotatable bonds is 8. The van der Waals surface area contributed by atoms with Gasteiger partial charge in [0, 0.05) is 49.8 Å². The number of H-pyrrole nitrogens is 1. The highest BCUT2D eigenvalue weighted by molar-refractivity contribution is 5.81. The Morgan fingerprint density at radius 2 is 1.71 bits per heavy atom. The molecule has 210 valence electrons. The topological polar surface area (TPSA) is 83.5 Å². The van der Waals surface area contributed by atoms with Crippen LogP contribution >= 0.6 is 0 Å². The lowest BCUT2D eigenvalue weighted by molar-refractivity contribution is 0.0568. The number of hydrogen-bond acceptors (Lipinski definition) is 5. The van der Waals surface area contributed by atoms with Gasteiger partial charge in [0.05, 0.1) is 16.6 Å². The van der Waals surface area contributed by atoms with Crippen LogP contribution in [0.2, 0.25) is 0 Å². The highest BCUT2D eigenvalue weighted by Crippen LogP contribution is 2.26. The van der Waals surface area contributed by atoms with Crippen LogP contribution in [0.5, 0.6) is 0 Å². The van der Waals surface area contributed by atoms with E-state index in [0.29, 0.717) is 32.5 Å². The van der Waals surface area contributed by atoms with E-state index < -0.39 is 0 Å². The Morgan fingerprint density at radius 1 is 0.976 bits per heavy atom. The van der Waals surface area contributed by atoms with Gasteiger partial charge in [-0.1, -0.05) is 60.7 Å². The average Bonchev–Trinajstić information content (AvgIpc) is 3.35. The van der Waals surface area contributed by atoms with Crippen molar-refractivity contribution in [3.05, 3.63) is 113 Å². The van der Waals surface area contributed by atoms with Gasteiger partial charge >= 0.3 is 11.8 Å². The molecular weight excluding hydrogens is 514 g/mol. The van der Waals surface area contributed by atoms with Crippen LogP contribution < -0.4 is 5.69 Å². The summed E-state index contributed by atoms with van der Waals surface area (Å²) in [6.45, 7) is 4.95. The van der Waals surface area contributed by atoms with Crippen LogP contribution in [0.3, 0.4) is 0 Å². The fourth-order valence-electron chi connectivity index (χ4n) is 5.83. The number of benzene rings is 3. The number of fused-ring (bicyclic) bond motifs is 2. The number of carbonyl (C=O) groups is 1. The molecule has 1 N–H and O–H groups in total. The molecule has 0 radical (unpaired) electrons. The first-order valence-electron chi connectivity index (χ1n) is 14.3. The number of para-hydroxylation sites is 3. The Labute approximate surface area is 239 Å². The fraction of sp³-hybridized carbons (Fsp3) is 0.303.